The molecule has 0 aromatic heterocycles. The second-order valence-electron chi connectivity index (χ2n) is 7.28. The standard InChI is InChI=1S/C22H21N3O4S/c1-15-11-12-23(17-9-5-6-10-18(17)30-15)19(26)14-25-21(28)20(27)24(22(25)29)13-16-7-3-2-4-8-16/h2-10,15H,11-14H2,1H3/t15-/m1/s1. The molecule has 0 aliphatic carbocycles. The Morgan fingerprint density at radius 2 is 1.63 bits per heavy atom. The van der Waals surface area contributed by atoms with Gasteiger partial charge >= 0.3 is 17.8 Å². The first-order valence-corrected chi connectivity index (χ1v) is 10.6. The Labute approximate surface area is 178 Å². The first kappa shape index (κ1) is 20.2. The fourth-order valence-electron chi connectivity index (χ4n) is 3.56. The third-order valence-corrected chi connectivity index (χ3v) is 6.39. The number of hydrogen-bond donors (Lipinski definition) is 0. The summed E-state index contributed by atoms with van der Waals surface area (Å²) in [5, 5.41) is 0.335. The van der Waals surface area contributed by atoms with Crippen molar-refractivity contribution in [2.45, 2.75) is 30.0 Å². The number of carbonyl (C=O) groups is 4. The molecule has 1 saturated heterocycles. The maximum Gasteiger partial charge on any atom is 0.335 e. The Bertz CT molecular complexity index is 1010. The molecule has 0 unspecified atom stereocenters. The monoisotopic (exact) mass is 423 g/mol. The molecule has 1 fully saturated rings. The van der Waals surface area contributed by atoms with Crippen molar-refractivity contribution in [3.8, 4) is 0 Å². The lowest BCUT2D eigenvalue weighted by Gasteiger charge is -2.24. The summed E-state index contributed by atoms with van der Waals surface area (Å²) in [6.45, 7) is 2.13. The number of urea groups is 1. The maximum absolute atomic E-state index is 13.1. The van der Waals surface area contributed by atoms with Gasteiger partial charge in [-0.05, 0) is 24.1 Å². The normalized spacial score (nSPS) is 19.2. The van der Waals surface area contributed by atoms with E-state index in [1.807, 2.05) is 30.3 Å². The number of imide groups is 2. The number of anilines is 1. The number of hydrogen-bond acceptors (Lipinski definition) is 5. The van der Waals surface area contributed by atoms with Crippen molar-refractivity contribution in [3.63, 3.8) is 0 Å². The summed E-state index contributed by atoms with van der Waals surface area (Å²) in [6.07, 6.45) is 0.784. The van der Waals surface area contributed by atoms with Gasteiger partial charge in [-0.3, -0.25) is 19.3 Å². The average Bonchev–Trinajstić information content (AvgIpc) is 2.88. The molecule has 5 amide bonds. The number of nitrogens with zero attached hydrogens (tertiary/aromatic N) is 3. The molecule has 30 heavy (non-hydrogen) atoms. The van der Waals surface area contributed by atoms with Gasteiger partial charge in [-0.25, -0.2) is 9.69 Å². The highest BCUT2D eigenvalue weighted by molar-refractivity contribution is 8.00. The van der Waals surface area contributed by atoms with Gasteiger partial charge in [-0.1, -0.05) is 49.4 Å². The van der Waals surface area contributed by atoms with Crippen LogP contribution in [0.25, 0.3) is 0 Å². The predicted octanol–water partition coefficient (Wildman–Crippen LogP) is 2.89. The molecule has 0 bridgehead atoms. The van der Waals surface area contributed by atoms with Crippen molar-refractivity contribution in [1.82, 2.24) is 9.80 Å². The van der Waals surface area contributed by atoms with E-state index in [1.165, 1.54) is 0 Å². The van der Waals surface area contributed by atoms with Gasteiger partial charge in [0.15, 0.2) is 0 Å². The summed E-state index contributed by atoms with van der Waals surface area (Å²) in [4.78, 5) is 54.9. The number of carbonyl (C=O) groups excluding carboxylic acids is 4. The summed E-state index contributed by atoms with van der Waals surface area (Å²) in [6, 6.07) is 15.8. The van der Waals surface area contributed by atoms with E-state index in [0.717, 1.165) is 32.4 Å². The fraction of sp³-hybridized carbons (Fsp3) is 0.273. The minimum Gasteiger partial charge on any atom is -0.310 e. The highest BCUT2D eigenvalue weighted by atomic mass is 32.2. The van der Waals surface area contributed by atoms with Crippen LogP contribution in [0.5, 0.6) is 0 Å². The fourth-order valence-corrected chi connectivity index (χ4v) is 4.67. The largest absolute Gasteiger partial charge is 0.335 e. The number of benzene rings is 2. The van der Waals surface area contributed by atoms with Crippen LogP contribution in [0.2, 0.25) is 0 Å². The van der Waals surface area contributed by atoms with Gasteiger partial charge in [0, 0.05) is 16.7 Å². The van der Waals surface area contributed by atoms with Crippen LogP contribution in [0.1, 0.15) is 18.9 Å². The van der Waals surface area contributed by atoms with E-state index < -0.39 is 24.4 Å². The molecule has 8 heteroatoms. The molecule has 154 valence electrons. The lowest BCUT2D eigenvalue weighted by atomic mass is 10.2. The van der Waals surface area contributed by atoms with E-state index in [2.05, 4.69) is 6.92 Å². The summed E-state index contributed by atoms with van der Waals surface area (Å²) in [5.74, 6) is -2.25. The lowest BCUT2D eigenvalue weighted by molar-refractivity contribution is -0.144. The van der Waals surface area contributed by atoms with Crippen molar-refractivity contribution < 1.29 is 19.2 Å². The van der Waals surface area contributed by atoms with Crippen LogP contribution in [0.15, 0.2) is 59.5 Å². The summed E-state index contributed by atoms with van der Waals surface area (Å²) >= 11 is 1.70. The molecule has 0 spiro atoms. The zero-order valence-electron chi connectivity index (χ0n) is 16.5. The number of fused-ring (bicyclic) bond motifs is 1. The van der Waals surface area contributed by atoms with E-state index in [9.17, 15) is 19.2 Å². The topological polar surface area (TPSA) is 78.0 Å². The first-order chi connectivity index (χ1) is 14.5. The smallest absolute Gasteiger partial charge is 0.310 e. The molecule has 2 aliphatic rings. The molecule has 0 radical (unpaired) electrons. The molecule has 2 aromatic carbocycles. The van der Waals surface area contributed by atoms with Gasteiger partial charge < -0.3 is 4.90 Å². The number of thioether (sulfide) groups is 1. The summed E-state index contributed by atoms with van der Waals surface area (Å²) in [5.41, 5.74) is 1.50. The van der Waals surface area contributed by atoms with E-state index in [4.69, 9.17) is 0 Å². The highest BCUT2D eigenvalue weighted by Gasteiger charge is 2.45. The van der Waals surface area contributed by atoms with Crippen LogP contribution >= 0.6 is 11.8 Å². The van der Waals surface area contributed by atoms with Crippen molar-refractivity contribution in [3.05, 3.63) is 60.2 Å². The number of rotatable bonds is 4. The van der Waals surface area contributed by atoms with Gasteiger partial charge in [0.25, 0.3) is 0 Å². The molecule has 2 heterocycles. The molecule has 2 aliphatic heterocycles. The predicted molar refractivity (Wildman–Crippen MR) is 113 cm³/mol. The Kier molecular flexibility index (Phi) is 5.59. The van der Waals surface area contributed by atoms with Crippen LogP contribution in [-0.4, -0.2) is 51.9 Å². The van der Waals surface area contributed by atoms with Gasteiger partial charge in [0.05, 0.1) is 12.2 Å². The second-order valence-corrected chi connectivity index (χ2v) is 8.76. The first-order valence-electron chi connectivity index (χ1n) is 9.73. The Morgan fingerprint density at radius 3 is 2.40 bits per heavy atom. The third kappa shape index (κ3) is 3.82. The minimum absolute atomic E-state index is 0.00433. The average molecular weight is 423 g/mol. The maximum atomic E-state index is 13.1. The minimum atomic E-state index is -0.963. The molecule has 0 N–H and O–H groups in total. The van der Waals surface area contributed by atoms with Gasteiger partial charge in [0.2, 0.25) is 5.91 Å². The second kappa shape index (κ2) is 8.31. The van der Waals surface area contributed by atoms with Crippen molar-refractivity contribution in [1.29, 1.82) is 0 Å². The third-order valence-electron chi connectivity index (χ3n) is 5.16. The molecule has 1 atom stereocenters. The summed E-state index contributed by atoms with van der Waals surface area (Å²) < 4.78 is 0. The van der Waals surface area contributed by atoms with Crippen LogP contribution in [0.4, 0.5) is 10.5 Å². The van der Waals surface area contributed by atoms with Crippen molar-refractivity contribution in [2.75, 3.05) is 18.0 Å². The molecule has 7 nitrogen and oxygen atoms in total. The Balaban J connectivity index is 1.52. The molecular weight excluding hydrogens is 402 g/mol. The van der Waals surface area contributed by atoms with Crippen molar-refractivity contribution >= 4 is 41.2 Å². The van der Waals surface area contributed by atoms with E-state index in [1.54, 1.807) is 40.9 Å². The van der Waals surface area contributed by atoms with Gasteiger partial charge in [0.1, 0.15) is 6.54 Å². The zero-order chi connectivity index (χ0) is 21.3. The quantitative estimate of drug-likeness (QED) is 0.558. The van der Waals surface area contributed by atoms with E-state index >= 15 is 0 Å². The van der Waals surface area contributed by atoms with Gasteiger partial charge in [-0.2, -0.15) is 0 Å². The Morgan fingerprint density at radius 1 is 0.967 bits per heavy atom. The molecule has 4 rings (SSSR count). The Hall–Kier alpha value is -3.13. The van der Waals surface area contributed by atoms with Crippen LogP contribution in [0, 0.1) is 0 Å². The van der Waals surface area contributed by atoms with Crippen LogP contribution in [0.3, 0.4) is 0 Å². The molecule has 2 aromatic rings. The SMILES string of the molecule is C[C@@H]1CCN(C(=O)CN2C(=O)C(=O)N(Cc3ccccc3)C2=O)c2ccccc2S1. The van der Waals surface area contributed by atoms with Crippen molar-refractivity contribution in [2.24, 2.45) is 0 Å². The zero-order valence-corrected chi connectivity index (χ0v) is 17.3. The number of amides is 5. The van der Waals surface area contributed by atoms with Gasteiger partial charge in [-0.15, -0.1) is 11.8 Å². The highest BCUT2D eigenvalue weighted by Crippen LogP contribution is 2.37. The summed E-state index contributed by atoms with van der Waals surface area (Å²) in [7, 11) is 0. The molecule has 0 saturated carbocycles. The molecular formula is C22H21N3O4S. The number of para-hydroxylation sites is 1. The van der Waals surface area contributed by atoms with E-state index in [0.29, 0.717) is 11.8 Å². The van der Waals surface area contributed by atoms with E-state index in [-0.39, 0.29) is 12.5 Å². The van der Waals surface area contributed by atoms with Crippen LogP contribution in [-0.2, 0) is 20.9 Å². The lowest BCUT2D eigenvalue weighted by Crippen LogP contribution is -2.44. The van der Waals surface area contributed by atoms with Crippen LogP contribution < -0.4 is 4.90 Å².